The smallest absolute Gasteiger partial charge is 0.303 e. The second-order valence-electron chi connectivity index (χ2n) is 7.24. The number of carbonyl (C=O) groups is 1. The van der Waals surface area contributed by atoms with Gasteiger partial charge in [-0.15, -0.1) is 0 Å². The van der Waals surface area contributed by atoms with Crippen LogP contribution >= 0.6 is 0 Å². The molecule has 2 heteroatoms. The average molecular weight is 333 g/mol. The lowest BCUT2D eigenvalue weighted by Crippen LogP contribution is -2.06. The van der Waals surface area contributed by atoms with Gasteiger partial charge in [-0.2, -0.15) is 0 Å². The monoisotopic (exact) mass is 332 g/mol. The molecule has 136 valence electrons. The highest BCUT2D eigenvalue weighted by Gasteiger charge is 2.30. The Kier molecular flexibility index (Phi) is 10.5. The van der Waals surface area contributed by atoms with Crippen LogP contribution in [0.1, 0.15) is 84.0 Å². The van der Waals surface area contributed by atoms with E-state index < -0.39 is 5.97 Å². The van der Waals surface area contributed by atoms with E-state index in [0.717, 1.165) is 25.7 Å². The van der Waals surface area contributed by atoms with Gasteiger partial charge in [-0.05, 0) is 43.6 Å². The highest BCUT2D eigenvalue weighted by Crippen LogP contribution is 2.42. The summed E-state index contributed by atoms with van der Waals surface area (Å²) in [6.07, 6.45) is 17.9. The molecule has 0 unspecified atom stereocenters. The second kappa shape index (κ2) is 12.1. The van der Waals surface area contributed by atoms with Gasteiger partial charge in [0.2, 0.25) is 0 Å². The molecule has 0 aromatic carbocycles. The number of hydrogen-bond acceptors (Lipinski definition) is 1. The Bertz CT molecular complexity index is 433. The summed E-state index contributed by atoms with van der Waals surface area (Å²) in [4.78, 5) is 10.5. The minimum absolute atomic E-state index is 0.306. The van der Waals surface area contributed by atoms with Crippen LogP contribution in [0.25, 0.3) is 0 Å². The van der Waals surface area contributed by atoms with Crippen LogP contribution in [-0.2, 0) is 4.79 Å². The van der Waals surface area contributed by atoms with Crippen LogP contribution in [0.5, 0.6) is 0 Å². The van der Waals surface area contributed by atoms with Crippen molar-refractivity contribution in [3.63, 3.8) is 0 Å². The number of rotatable bonds is 13. The third kappa shape index (κ3) is 7.99. The fourth-order valence-corrected chi connectivity index (χ4v) is 3.62. The summed E-state index contributed by atoms with van der Waals surface area (Å²) in [6.45, 7) is 10.7. The maximum atomic E-state index is 10.5. The normalized spacial score (nSPS) is 21.0. The van der Waals surface area contributed by atoms with E-state index >= 15 is 0 Å². The van der Waals surface area contributed by atoms with E-state index in [2.05, 4.69) is 32.2 Å². The lowest BCUT2D eigenvalue weighted by Gasteiger charge is -2.16. The molecule has 0 heterocycles. The predicted octanol–water partition coefficient (Wildman–Crippen LogP) is 6.69. The molecule has 2 nitrogen and oxygen atoms in total. The molecule has 1 aliphatic carbocycles. The molecule has 0 amide bonds. The van der Waals surface area contributed by atoms with Crippen molar-refractivity contribution in [3.05, 3.63) is 36.5 Å². The summed E-state index contributed by atoms with van der Waals surface area (Å²) < 4.78 is 0. The lowest BCUT2D eigenvalue weighted by atomic mass is 9.88. The quantitative estimate of drug-likeness (QED) is 0.301. The molecular weight excluding hydrogens is 296 g/mol. The van der Waals surface area contributed by atoms with Crippen LogP contribution in [0, 0.1) is 11.8 Å². The zero-order valence-corrected chi connectivity index (χ0v) is 15.6. The number of carboxylic acid groups (broad SMARTS) is 1. The third-order valence-electron chi connectivity index (χ3n) is 5.16. The third-order valence-corrected chi connectivity index (χ3v) is 5.16. The topological polar surface area (TPSA) is 37.3 Å². The summed E-state index contributed by atoms with van der Waals surface area (Å²) in [6, 6.07) is 0. The number of aliphatic carboxylic acids is 1. The van der Waals surface area contributed by atoms with Gasteiger partial charge < -0.3 is 5.11 Å². The van der Waals surface area contributed by atoms with Crippen LogP contribution in [0.3, 0.4) is 0 Å². The molecule has 1 rings (SSSR count). The summed E-state index contributed by atoms with van der Waals surface area (Å²) in [5, 5.41) is 8.66. The van der Waals surface area contributed by atoms with Crippen molar-refractivity contribution in [1.29, 1.82) is 0 Å². The number of hydrogen-bond donors (Lipinski definition) is 1. The summed E-state index contributed by atoms with van der Waals surface area (Å²) in [5.41, 5.74) is 2.46. The van der Waals surface area contributed by atoms with Gasteiger partial charge >= 0.3 is 5.97 Å². The molecule has 24 heavy (non-hydrogen) atoms. The Morgan fingerprint density at radius 1 is 1.12 bits per heavy atom. The van der Waals surface area contributed by atoms with Gasteiger partial charge in [0.05, 0.1) is 0 Å². The fourth-order valence-electron chi connectivity index (χ4n) is 3.62. The molecule has 1 N–H and O–H groups in total. The van der Waals surface area contributed by atoms with E-state index in [0.29, 0.717) is 18.3 Å². The molecule has 1 fully saturated rings. The first-order valence-corrected chi connectivity index (χ1v) is 9.81. The molecule has 0 aromatic heterocycles. The molecule has 1 saturated carbocycles. The number of allylic oxidation sites excluding steroid dienone is 4. The van der Waals surface area contributed by atoms with Crippen molar-refractivity contribution in [1.82, 2.24) is 0 Å². The van der Waals surface area contributed by atoms with Gasteiger partial charge in [-0.3, -0.25) is 4.79 Å². The Hall–Kier alpha value is -1.31. The molecule has 0 saturated heterocycles. The van der Waals surface area contributed by atoms with Crippen LogP contribution in [0.4, 0.5) is 0 Å². The average Bonchev–Trinajstić information content (AvgIpc) is 2.81. The molecule has 0 radical (unpaired) electrons. The van der Waals surface area contributed by atoms with E-state index in [1.165, 1.54) is 56.1 Å². The maximum Gasteiger partial charge on any atom is 0.303 e. The molecule has 0 aromatic rings. The standard InChI is InChI=1S/C22H36O2/c1-4-5-6-7-8-12-15-21-19(3)18(2)17-20(21)14-11-9-10-13-16-22(23)24/h12,15,20-21H,2-11,13-14,16-17H2,1H3,(H,23,24)/t20-,21-/m0/s1. The minimum Gasteiger partial charge on any atom is -0.481 e. The second-order valence-corrected chi connectivity index (χ2v) is 7.24. The van der Waals surface area contributed by atoms with Crippen molar-refractivity contribution < 1.29 is 9.90 Å². The Morgan fingerprint density at radius 2 is 1.83 bits per heavy atom. The lowest BCUT2D eigenvalue weighted by molar-refractivity contribution is -0.137. The maximum absolute atomic E-state index is 10.5. The van der Waals surface area contributed by atoms with E-state index in [9.17, 15) is 4.79 Å². The van der Waals surface area contributed by atoms with Crippen molar-refractivity contribution in [2.24, 2.45) is 11.8 Å². The molecule has 2 atom stereocenters. The first-order chi connectivity index (χ1) is 11.6. The van der Waals surface area contributed by atoms with Gasteiger partial charge in [0, 0.05) is 12.3 Å². The van der Waals surface area contributed by atoms with Crippen LogP contribution in [-0.4, -0.2) is 11.1 Å². The minimum atomic E-state index is -0.678. The Labute approximate surface area is 148 Å². The van der Waals surface area contributed by atoms with Crippen molar-refractivity contribution in [2.45, 2.75) is 84.0 Å². The highest BCUT2D eigenvalue weighted by molar-refractivity contribution is 5.66. The van der Waals surface area contributed by atoms with Gasteiger partial charge in [-0.1, -0.05) is 76.3 Å². The van der Waals surface area contributed by atoms with E-state index in [4.69, 9.17) is 5.11 Å². The van der Waals surface area contributed by atoms with Gasteiger partial charge in [0.1, 0.15) is 0 Å². The Balaban J connectivity index is 2.30. The summed E-state index contributed by atoms with van der Waals surface area (Å²) in [7, 11) is 0. The number of carboxylic acids is 1. The SMILES string of the molecule is C=C1C[C@H](CCCCCCC(=O)O)[C@@H](C=CCCCCCC)C1=C. The van der Waals surface area contributed by atoms with Crippen molar-refractivity contribution in [3.8, 4) is 0 Å². The van der Waals surface area contributed by atoms with Gasteiger partial charge in [0.25, 0.3) is 0 Å². The zero-order chi connectivity index (χ0) is 17.8. The molecular formula is C22H36O2. The van der Waals surface area contributed by atoms with Crippen molar-refractivity contribution in [2.75, 3.05) is 0 Å². The molecule has 0 spiro atoms. The summed E-state index contributed by atoms with van der Waals surface area (Å²) >= 11 is 0. The largest absolute Gasteiger partial charge is 0.481 e. The van der Waals surface area contributed by atoms with Crippen LogP contribution < -0.4 is 0 Å². The molecule has 0 bridgehead atoms. The van der Waals surface area contributed by atoms with Crippen LogP contribution in [0.15, 0.2) is 36.5 Å². The van der Waals surface area contributed by atoms with Crippen molar-refractivity contribution >= 4 is 5.97 Å². The van der Waals surface area contributed by atoms with Gasteiger partial charge in [-0.25, -0.2) is 0 Å². The van der Waals surface area contributed by atoms with Crippen LogP contribution in [0.2, 0.25) is 0 Å². The first-order valence-electron chi connectivity index (χ1n) is 9.81. The Morgan fingerprint density at radius 3 is 2.54 bits per heavy atom. The first kappa shape index (κ1) is 20.7. The zero-order valence-electron chi connectivity index (χ0n) is 15.6. The highest BCUT2D eigenvalue weighted by atomic mass is 16.4. The van der Waals surface area contributed by atoms with E-state index in [-0.39, 0.29) is 0 Å². The summed E-state index contributed by atoms with van der Waals surface area (Å²) in [5.74, 6) is 0.446. The molecule has 1 aliphatic rings. The molecule has 0 aliphatic heterocycles. The van der Waals surface area contributed by atoms with E-state index in [1.54, 1.807) is 0 Å². The number of unbranched alkanes of at least 4 members (excludes halogenated alkanes) is 7. The predicted molar refractivity (Wildman–Crippen MR) is 103 cm³/mol. The van der Waals surface area contributed by atoms with E-state index in [1.807, 2.05) is 0 Å². The van der Waals surface area contributed by atoms with Gasteiger partial charge in [0.15, 0.2) is 0 Å². The fraction of sp³-hybridized carbons (Fsp3) is 0.682.